The maximum atomic E-state index is 12.7. The van der Waals surface area contributed by atoms with Crippen LogP contribution in [0.1, 0.15) is 37.0 Å². The second kappa shape index (κ2) is 7.32. The third-order valence-corrected chi connectivity index (χ3v) is 5.28. The van der Waals surface area contributed by atoms with Crippen LogP contribution < -0.4 is 5.32 Å². The third kappa shape index (κ3) is 3.16. The number of esters is 1. The van der Waals surface area contributed by atoms with Gasteiger partial charge in [0.15, 0.2) is 5.78 Å². The van der Waals surface area contributed by atoms with Gasteiger partial charge in [-0.05, 0) is 31.2 Å². The van der Waals surface area contributed by atoms with Crippen molar-refractivity contribution < 1.29 is 19.1 Å². The predicted molar refractivity (Wildman–Crippen MR) is 91.6 cm³/mol. The van der Waals surface area contributed by atoms with Crippen molar-refractivity contribution >= 4 is 23.1 Å². The Morgan fingerprint density at radius 3 is 2.92 bits per heavy atom. The lowest BCUT2D eigenvalue weighted by molar-refractivity contribution is -0.140. The summed E-state index contributed by atoms with van der Waals surface area (Å²) in [5.74, 6) is -0.596. The molecule has 1 aromatic rings. The molecule has 0 radical (unpaired) electrons. The molecule has 0 aromatic carbocycles. The van der Waals surface area contributed by atoms with Gasteiger partial charge in [0.2, 0.25) is 0 Å². The molecule has 24 heavy (non-hydrogen) atoms. The molecule has 0 spiro atoms. The third-order valence-electron chi connectivity index (χ3n) is 4.34. The number of carbonyl (C=O) groups is 2. The minimum atomic E-state index is -0.389. The van der Waals surface area contributed by atoms with E-state index in [-0.39, 0.29) is 24.3 Å². The summed E-state index contributed by atoms with van der Waals surface area (Å²) in [6.45, 7) is 2.42. The van der Waals surface area contributed by atoms with E-state index in [2.05, 4.69) is 5.32 Å². The molecular weight excluding hydrogens is 326 g/mol. The fraction of sp³-hybridized carbons (Fsp3) is 0.444. The standard InChI is InChI=1S/C18H21NO4S/c1-11-15(18(21)23-9-8-22-2)17(14-7-4-10-24-14)16-12(19-11)5-3-6-13(16)20/h4,7,10,17,19H,3,5-6,8-9H2,1-2H3. The van der Waals surface area contributed by atoms with Gasteiger partial charge in [0.05, 0.1) is 18.1 Å². The first-order valence-corrected chi connectivity index (χ1v) is 8.95. The maximum absolute atomic E-state index is 12.7. The zero-order chi connectivity index (χ0) is 17.1. The number of carbonyl (C=O) groups excluding carboxylic acids is 2. The number of methoxy groups -OCH3 is 1. The van der Waals surface area contributed by atoms with E-state index in [1.54, 1.807) is 18.4 Å². The summed E-state index contributed by atoms with van der Waals surface area (Å²) in [4.78, 5) is 26.2. The van der Waals surface area contributed by atoms with Gasteiger partial charge < -0.3 is 14.8 Å². The average molecular weight is 347 g/mol. The number of ether oxygens (including phenoxy) is 2. The van der Waals surface area contributed by atoms with Crippen LogP contribution in [-0.4, -0.2) is 32.1 Å². The van der Waals surface area contributed by atoms with Gasteiger partial charge in [-0.25, -0.2) is 4.79 Å². The van der Waals surface area contributed by atoms with E-state index >= 15 is 0 Å². The Morgan fingerprint density at radius 2 is 2.21 bits per heavy atom. The van der Waals surface area contributed by atoms with Crippen LogP contribution in [0.5, 0.6) is 0 Å². The van der Waals surface area contributed by atoms with Gasteiger partial charge in [-0.15, -0.1) is 11.3 Å². The van der Waals surface area contributed by atoms with Gasteiger partial charge >= 0.3 is 5.97 Å². The second-order valence-electron chi connectivity index (χ2n) is 5.91. The Bertz CT molecular complexity index is 703. The minimum Gasteiger partial charge on any atom is -0.460 e. The van der Waals surface area contributed by atoms with E-state index < -0.39 is 0 Å². The highest BCUT2D eigenvalue weighted by Crippen LogP contribution is 2.43. The fourth-order valence-corrected chi connectivity index (χ4v) is 4.13. The van der Waals surface area contributed by atoms with Crippen LogP contribution in [0.2, 0.25) is 0 Å². The Kier molecular flexibility index (Phi) is 5.16. The zero-order valence-electron chi connectivity index (χ0n) is 13.9. The van der Waals surface area contributed by atoms with Crippen molar-refractivity contribution in [2.75, 3.05) is 20.3 Å². The molecule has 1 aromatic heterocycles. The minimum absolute atomic E-state index is 0.122. The van der Waals surface area contributed by atoms with Crippen molar-refractivity contribution in [2.45, 2.75) is 32.1 Å². The molecule has 1 atom stereocenters. The fourth-order valence-electron chi connectivity index (χ4n) is 3.29. The highest BCUT2D eigenvalue weighted by molar-refractivity contribution is 7.10. The van der Waals surface area contributed by atoms with Crippen LogP contribution in [0, 0.1) is 0 Å². The summed E-state index contributed by atoms with van der Waals surface area (Å²) in [5.41, 5.74) is 2.98. The van der Waals surface area contributed by atoms with E-state index in [9.17, 15) is 9.59 Å². The van der Waals surface area contributed by atoms with Crippen molar-refractivity contribution in [1.29, 1.82) is 0 Å². The van der Waals surface area contributed by atoms with Crippen molar-refractivity contribution in [3.63, 3.8) is 0 Å². The van der Waals surface area contributed by atoms with Crippen LogP contribution in [0.25, 0.3) is 0 Å². The molecule has 128 valence electrons. The Morgan fingerprint density at radius 1 is 1.38 bits per heavy atom. The summed E-state index contributed by atoms with van der Waals surface area (Å²) in [6.07, 6.45) is 2.22. The molecule has 2 heterocycles. The van der Waals surface area contributed by atoms with Crippen molar-refractivity contribution in [1.82, 2.24) is 5.32 Å². The van der Waals surface area contributed by atoms with E-state index in [0.29, 0.717) is 18.6 Å². The lowest BCUT2D eigenvalue weighted by atomic mass is 9.78. The van der Waals surface area contributed by atoms with Gasteiger partial charge in [0, 0.05) is 35.4 Å². The lowest BCUT2D eigenvalue weighted by Crippen LogP contribution is -2.34. The van der Waals surface area contributed by atoms with Crippen LogP contribution in [-0.2, 0) is 19.1 Å². The number of thiophene rings is 1. The molecule has 1 aliphatic heterocycles. The van der Waals surface area contributed by atoms with Gasteiger partial charge in [-0.3, -0.25) is 4.79 Å². The van der Waals surface area contributed by atoms with E-state index in [0.717, 1.165) is 34.7 Å². The van der Waals surface area contributed by atoms with Gasteiger partial charge in [-0.1, -0.05) is 6.07 Å². The normalized spacial score (nSPS) is 20.8. The average Bonchev–Trinajstić information content (AvgIpc) is 3.08. The highest BCUT2D eigenvalue weighted by atomic mass is 32.1. The van der Waals surface area contributed by atoms with Crippen molar-refractivity contribution in [3.05, 3.63) is 44.9 Å². The summed E-state index contributed by atoms with van der Waals surface area (Å²) < 4.78 is 10.3. The molecule has 6 heteroatoms. The molecule has 0 amide bonds. The number of dihydropyridines is 1. The Balaban J connectivity index is 1.99. The highest BCUT2D eigenvalue weighted by Gasteiger charge is 2.39. The number of hydrogen-bond acceptors (Lipinski definition) is 6. The molecule has 3 rings (SSSR count). The first-order chi connectivity index (χ1) is 11.6. The van der Waals surface area contributed by atoms with Gasteiger partial charge in [-0.2, -0.15) is 0 Å². The SMILES string of the molecule is COCCOC(=O)C1=C(C)NC2=C(C(=O)CCC2)C1c1cccs1. The quantitative estimate of drug-likeness (QED) is 0.655. The van der Waals surface area contributed by atoms with Crippen LogP contribution in [0.15, 0.2) is 40.1 Å². The van der Waals surface area contributed by atoms with Crippen molar-refractivity contribution in [2.24, 2.45) is 0 Å². The Labute approximate surface area is 145 Å². The Hall–Kier alpha value is -1.92. The molecule has 0 fully saturated rings. The summed E-state index contributed by atoms with van der Waals surface area (Å²) >= 11 is 1.56. The largest absolute Gasteiger partial charge is 0.460 e. The molecule has 0 saturated carbocycles. The number of hydrogen-bond donors (Lipinski definition) is 1. The first-order valence-electron chi connectivity index (χ1n) is 8.07. The molecule has 1 aliphatic carbocycles. The van der Waals surface area contributed by atoms with E-state index in [1.807, 2.05) is 24.4 Å². The van der Waals surface area contributed by atoms with Gasteiger partial charge in [0.25, 0.3) is 0 Å². The summed E-state index contributed by atoms with van der Waals surface area (Å²) in [6, 6.07) is 3.92. The van der Waals surface area contributed by atoms with E-state index in [1.165, 1.54) is 0 Å². The van der Waals surface area contributed by atoms with Crippen LogP contribution >= 0.6 is 11.3 Å². The first kappa shape index (κ1) is 16.9. The summed E-state index contributed by atoms with van der Waals surface area (Å²) in [7, 11) is 1.56. The molecular formula is C18H21NO4S. The smallest absolute Gasteiger partial charge is 0.336 e. The monoisotopic (exact) mass is 347 g/mol. The molecule has 1 N–H and O–H groups in total. The molecule has 0 saturated heterocycles. The van der Waals surface area contributed by atoms with Gasteiger partial charge in [0.1, 0.15) is 6.61 Å². The lowest BCUT2D eigenvalue weighted by Gasteiger charge is -2.33. The molecule has 5 nitrogen and oxygen atoms in total. The van der Waals surface area contributed by atoms with E-state index in [4.69, 9.17) is 9.47 Å². The van der Waals surface area contributed by atoms with Crippen LogP contribution in [0.3, 0.4) is 0 Å². The number of ketones is 1. The second-order valence-corrected chi connectivity index (χ2v) is 6.89. The number of Topliss-reactive ketones (excluding diaryl/α,β-unsaturated/α-hetero) is 1. The molecule has 0 bridgehead atoms. The zero-order valence-corrected chi connectivity index (χ0v) is 14.7. The number of rotatable bonds is 5. The maximum Gasteiger partial charge on any atom is 0.336 e. The predicted octanol–water partition coefficient (Wildman–Crippen LogP) is 2.91. The van der Waals surface area contributed by atoms with Crippen LogP contribution in [0.4, 0.5) is 0 Å². The molecule has 1 unspecified atom stereocenters. The number of allylic oxidation sites excluding steroid dienone is 3. The molecule has 2 aliphatic rings. The summed E-state index contributed by atoms with van der Waals surface area (Å²) in [5, 5.41) is 5.24. The topological polar surface area (TPSA) is 64.6 Å². The van der Waals surface area contributed by atoms with Crippen molar-refractivity contribution in [3.8, 4) is 0 Å². The number of nitrogens with one attached hydrogen (secondary N) is 1.